The zero-order valence-electron chi connectivity index (χ0n) is 11.1. The van der Waals surface area contributed by atoms with Crippen LogP contribution in [0.2, 0.25) is 0 Å². The summed E-state index contributed by atoms with van der Waals surface area (Å²) in [6.45, 7) is 3.83. The van der Waals surface area contributed by atoms with Crippen LogP contribution in [0.3, 0.4) is 0 Å². The van der Waals surface area contributed by atoms with E-state index in [9.17, 15) is 4.79 Å². The summed E-state index contributed by atoms with van der Waals surface area (Å²) in [4.78, 5) is 18.3. The Bertz CT molecular complexity index is 467. The number of rotatable bonds is 7. The molecule has 0 saturated heterocycles. The lowest BCUT2D eigenvalue weighted by Gasteiger charge is -2.16. The fourth-order valence-corrected chi connectivity index (χ4v) is 2.28. The van der Waals surface area contributed by atoms with Crippen molar-refractivity contribution in [3.05, 3.63) is 4.88 Å². The van der Waals surface area contributed by atoms with E-state index in [1.165, 1.54) is 11.3 Å². The number of aromatic nitrogens is 1. The molecule has 6 nitrogen and oxygen atoms in total. The van der Waals surface area contributed by atoms with E-state index in [4.69, 9.17) is 16.9 Å². The third-order valence-corrected chi connectivity index (χ3v) is 3.40. The van der Waals surface area contributed by atoms with Gasteiger partial charge in [-0.15, -0.1) is 6.42 Å². The van der Waals surface area contributed by atoms with Crippen LogP contribution in [0.25, 0.3) is 0 Å². The maximum Gasteiger partial charge on any atom is 0.268 e. The van der Waals surface area contributed by atoms with Crippen LogP contribution in [0.1, 0.15) is 16.6 Å². The normalized spacial score (nSPS) is 9.95. The fourth-order valence-electron chi connectivity index (χ4n) is 1.40. The fraction of sp³-hybridized carbons (Fsp3) is 0.500. The summed E-state index contributed by atoms with van der Waals surface area (Å²) in [5.74, 6) is 2.50. The third-order valence-electron chi connectivity index (χ3n) is 2.38. The average molecular weight is 282 g/mol. The van der Waals surface area contributed by atoms with Crippen LogP contribution >= 0.6 is 11.3 Å². The van der Waals surface area contributed by atoms with Crippen LogP contribution in [0.4, 0.5) is 10.9 Å². The quantitative estimate of drug-likeness (QED) is 0.573. The van der Waals surface area contributed by atoms with E-state index in [-0.39, 0.29) is 18.3 Å². The smallest absolute Gasteiger partial charge is 0.268 e. The van der Waals surface area contributed by atoms with Gasteiger partial charge >= 0.3 is 0 Å². The number of nitrogen functional groups attached to an aromatic ring is 1. The van der Waals surface area contributed by atoms with Gasteiger partial charge in [-0.3, -0.25) is 4.79 Å². The van der Waals surface area contributed by atoms with Crippen LogP contribution < -0.4 is 11.1 Å². The van der Waals surface area contributed by atoms with E-state index in [0.717, 1.165) is 0 Å². The SMILES string of the molecule is C#CCN(CC)C(=O)c1sc(NCCOC)nc1N. The van der Waals surface area contributed by atoms with Crippen LogP contribution in [0, 0.1) is 12.3 Å². The molecule has 0 spiro atoms. The first-order valence-electron chi connectivity index (χ1n) is 5.85. The summed E-state index contributed by atoms with van der Waals surface area (Å²) in [6, 6.07) is 0. The minimum atomic E-state index is -0.185. The summed E-state index contributed by atoms with van der Waals surface area (Å²) in [5.41, 5.74) is 5.76. The molecule has 0 radical (unpaired) electrons. The molecule has 3 N–H and O–H groups in total. The number of thiazole rings is 1. The summed E-state index contributed by atoms with van der Waals surface area (Å²) in [7, 11) is 1.62. The van der Waals surface area contributed by atoms with Gasteiger partial charge in [-0.2, -0.15) is 0 Å². The van der Waals surface area contributed by atoms with Crippen molar-refractivity contribution < 1.29 is 9.53 Å². The van der Waals surface area contributed by atoms with Gasteiger partial charge in [-0.25, -0.2) is 4.98 Å². The molecule has 0 aliphatic heterocycles. The molecule has 7 heteroatoms. The van der Waals surface area contributed by atoms with Crippen LogP contribution in [0.15, 0.2) is 0 Å². The molecule has 1 aromatic heterocycles. The second kappa shape index (κ2) is 7.61. The number of methoxy groups -OCH3 is 1. The Morgan fingerprint density at radius 2 is 2.42 bits per heavy atom. The van der Waals surface area contributed by atoms with Crippen molar-refractivity contribution in [1.29, 1.82) is 0 Å². The van der Waals surface area contributed by atoms with E-state index in [0.29, 0.717) is 29.7 Å². The highest BCUT2D eigenvalue weighted by Gasteiger charge is 2.20. The number of nitrogens with zero attached hydrogens (tertiary/aromatic N) is 2. The number of terminal acetylenes is 1. The summed E-state index contributed by atoms with van der Waals surface area (Å²) in [6.07, 6.45) is 5.23. The minimum Gasteiger partial charge on any atom is -0.383 e. The molecule has 1 heterocycles. The Kier molecular flexibility index (Phi) is 6.12. The number of anilines is 2. The lowest BCUT2D eigenvalue weighted by Crippen LogP contribution is -2.31. The van der Waals surface area contributed by atoms with E-state index >= 15 is 0 Å². The highest BCUT2D eigenvalue weighted by atomic mass is 32.1. The predicted molar refractivity (Wildman–Crippen MR) is 77.3 cm³/mol. The molecule has 0 aromatic carbocycles. The summed E-state index contributed by atoms with van der Waals surface area (Å²) < 4.78 is 4.92. The van der Waals surface area contributed by atoms with Gasteiger partial charge in [0.2, 0.25) is 0 Å². The topological polar surface area (TPSA) is 80.5 Å². The van der Waals surface area contributed by atoms with Crippen molar-refractivity contribution in [2.45, 2.75) is 6.92 Å². The highest BCUT2D eigenvalue weighted by Crippen LogP contribution is 2.26. The number of carbonyl (C=O) groups excluding carboxylic acids is 1. The van der Waals surface area contributed by atoms with Gasteiger partial charge in [0.15, 0.2) is 5.13 Å². The maximum absolute atomic E-state index is 12.2. The molecule has 0 atom stereocenters. The zero-order chi connectivity index (χ0) is 14.3. The van der Waals surface area contributed by atoms with Crippen molar-refractivity contribution in [1.82, 2.24) is 9.88 Å². The van der Waals surface area contributed by atoms with Gasteiger partial charge < -0.3 is 20.7 Å². The number of amides is 1. The molecule has 0 saturated carbocycles. The molecule has 19 heavy (non-hydrogen) atoms. The Morgan fingerprint density at radius 1 is 1.68 bits per heavy atom. The van der Waals surface area contributed by atoms with E-state index < -0.39 is 0 Å². The van der Waals surface area contributed by atoms with E-state index in [1.807, 2.05) is 6.92 Å². The second-order valence-corrected chi connectivity index (χ2v) is 4.68. The predicted octanol–water partition coefficient (Wildman–Crippen LogP) is 0.879. The number of ether oxygens (including phenoxy) is 1. The standard InChI is InChI=1S/C12H18N4O2S/c1-4-7-16(5-2)11(17)9-10(13)15-12(19-9)14-6-8-18-3/h1H,5-8,13H2,2-3H3,(H,14,15). The molecule has 104 valence electrons. The molecule has 1 rings (SSSR count). The number of hydrogen-bond acceptors (Lipinski definition) is 6. The molecule has 1 aromatic rings. The minimum absolute atomic E-state index is 0.185. The summed E-state index contributed by atoms with van der Waals surface area (Å²) >= 11 is 1.23. The van der Waals surface area contributed by atoms with Gasteiger partial charge in [0.25, 0.3) is 5.91 Å². The highest BCUT2D eigenvalue weighted by molar-refractivity contribution is 7.18. The van der Waals surface area contributed by atoms with Crippen molar-refractivity contribution in [3.8, 4) is 12.3 Å². The van der Waals surface area contributed by atoms with Gasteiger partial charge in [0.1, 0.15) is 10.7 Å². The average Bonchev–Trinajstić information content (AvgIpc) is 2.77. The molecule has 0 fully saturated rings. The van der Waals surface area contributed by atoms with Crippen molar-refractivity contribution in [3.63, 3.8) is 0 Å². The first kappa shape index (κ1) is 15.3. The Hall–Kier alpha value is -1.78. The van der Waals surface area contributed by atoms with Crippen molar-refractivity contribution >= 4 is 28.2 Å². The Morgan fingerprint density at radius 3 is 3.00 bits per heavy atom. The molecule has 0 aliphatic carbocycles. The van der Waals surface area contributed by atoms with E-state index in [1.54, 1.807) is 12.0 Å². The molecule has 1 amide bonds. The van der Waals surface area contributed by atoms with Crippen molar-refractivity contribution in [2.24, 2.45) is 0 Å². The Balaban J connectivity index is 2.77. The molecule has 0 bridgehead atoms. The van der Waals surface area contributed by atoms with Crippen molar-refractivity contribution in [2.75, 3.05) is 44.4 Å². The summed E-state index contributed by atoms with van der Waals surface area (Å²) in [5, 5.41) is 3.65. The lowest BCUT2D eigenvalue weighted by atomic mass is 10.4. The monoisotopic (exact) mass is 282 g/mol. The molecule has 0 unspecified atom stereocenters. The number of hydrogen-bond donors (Lipinski definition) is 2. The number of nitrogens with two attached hydrogens (primary N) is 1. The number of carbonyl (C=O) groups is 1. The molecular formula is C12H18N4O2S. The van der Waals surface area contributed by atoms with Gasteiger partial charge in [-0.05, 0) is 6.92 Å². The lowest BCUT2D eigenvalue weighted by molar-refractivity contribution is 0.0790. The third kappa shape index (κ3) is 4.12. The second-order valence-electron chi connectivity index (χ2n) is 3.68. The maximum atomic E-state index is 12.2. The molecule has 0 aliphatic rings. The number of nitrogens with one attached hydrogen (secondary N) is 1. The zero-order valence-corrected chi connectivity index (χ0v) is 11.9. The first-order valence-corrected chi connectivity index (χ1v) is 6.67. The largest absolute Gasteiger partial charge is 0.383 e. The first-order chi connectivity index (χ1) is 9.13. The van der Waals surface area contributed by atoms with Crippen LogP contribution in [-0.4, -0.2) is 49.1 Å². The van der Waals surface area contributed by atoms with Gasteiger partial charge in [0.05, 0.1) is 13.2 Å². The van der Waals surface area contributed by atoms with Crippen LogP contribution in [0.5, 0.6) is 0 Å². The van der Waals surface area contributed by atoms with Crippen LogP contribution in [-0.2, 0) is 4.74 Å². The Labute approximate surface area is 116 Å². The van der Waals surface area contributed by atoms with Gasteiger partial charge in [0, 0.05) is 20.2 Å². The molecular weight excluding hydrogens is 264 g/mol. The van der Waals surface area contributed by atoms with Gasteiger partial charge in [-0.1, -0.05) is 17.3 Å². The van der Waals surface area contributed by atoms with E-state index in [2.05, 4.69) is 16.2 Å².